The van der Waals surface area contributed by atoms with Crippen LogP contribution in [0.5, 0.6) is 0 Å². The molecule has 0 atom stereocenters. The van der Waals surface area contributed by atoms with E-state index in [1.54, 1.807) is 0 Å². The van der Waals surface area contributed by atoms with Gasteiger partial charge in [0.2, 0.25) is 0 Å². The summed E-state index contributed by atoms with van der Waals surface area (Å²) in [5.41, 5.74) is -0.0257. The lowest BCUT2D eigenvalue weighted by Gasteiger charge is -2.25. The van der Waals surface area contributed by atoms with E-state index in [0.29, 0.717) is 0 Å². The minimum atomic E-state index is -1.06. The van der Waals surface area contributed by atoms with Gasteiger partial charge in [0.05, 0.1) is 0 Å². The second-order valence-electron chi connectivity index (χ2n) is 3.47. The quantitative estimate of drug-likeness (QED) is 0.871. The van der Waals surface area contributed by atoms with Crippen LogP contribution in [0.1, 0.15) is 29.8 Å². The molecule has 1 aliphatic heterocycles. The zero-order valence-corrected chi connectivity index (χ0v) is 9.64. The second-order valence-corrected chi connectivity index (χ2v) is 5.05. The van der Waals surface area contributed by atoms with Gasteiger partial charge in [-0.25, -0.2) is 9.78 Å². The van der Waals surface area contributed by atoms with Crippen molar-refractivity contribution in [2.75, 3.05) is 18.0 Å². The number of carboxylic acids is 1. The summed E-state index contributed by atoms with van der Waals surface area (Å²) >= 11 is 7.06. The molecule has 2 heterocycles. The van der Waals surface area contributed by atoms with Gasteiger partial charge in [-0.05, 0) is 19.3 Å². The van der Waals surface area contributed by atoms with E-state index in [-0.39, 0.29) is 10.0 Å². The third kappa shape index (κ3) is 2.23. The van der Waals surface area contributed by atoms with Crippen LogP contribution in [0.4, 0.5) is 5.13 Å². The van der Waals surface area contributed by atoms with Crippen molar-refractivity contribution in [3.63, 3.8) is 0 Å². The molecule has 1 aromatic heterocycles. The molecule has 0 radical (unpaired) electrons. The van der Waals surface area contributed by atoms with E-state index in [0.717, 1.165) is 31.1 Å². The standard InChI is InChI=1S/C9H11ClN2O2S/c10-7-6(8(13)14)11-9(15-7)12-4-2-1-3-5-12/h1-5H2,(H,13,14). The number of aromatic carboxylic acids is 1. The number of rotatable bonds is 2. The number of halogens is 1. The molecule has 1 aromatic rings. The van der Waals surface area contributed by atoms with Gasteiger partial charge in [0.25, 0.3) is 0 Å². The van der Waals surface area contributed by atoms with Gasteiger partial charge < -0.3 is 10.0 Å². The molecule has 1 N–H and O–H groups in total. The molecule has 0 amide bonds. The topological polar surface area (TPSA) is 53.4 Å². The lowest BCUT2D eigenvalue weighted by Crippen LogP contribution is -2.29. The fraction of sp³-hybridized carbons (Fsp3) is 0.556. The number of nitrogens with zero attached hydrogens (tertiary/aromatic N) is 2. The first-order valence-electron chi connectivity index (χ1n) is 4.83. The van der Waals surface area contributed by atoms with Crippen molar-refractivity contribution in [2.24, 2.45) is 0 Å². The molecule has 1 fully saturated rings. The van der Waals surface area contributed by atoms with E-state index in [2.05, 4.69) is 9.88 Å². The van der Waals surface area contributed by atoms with Crippen molar-refractivity contribution >= 4 is 34.0 Å². The lowest BCUT2D eigenvalue weighted by molar-refractivity contribution is 0.0691. The summed E-state index contributed by atoms with van der Waals surface area (Å²) in [7, 11) is 0. The maximum absolute atomic E-state index is 10.8. The van der Waals surface area contributed by atoms with Gasteiger partial charge in [0, 0.05) is 13.1 Å². The van der Waals surface area contributed by atoms with Crippen LogP contribution in [0.3, 0.4) is 0 Å². The van der Waals surface area contributed by atoms with Gasteiger partial charge >= 0.3 is 5.97 Å². The van der Waals surface area contributed by atoms with E-state index in [1.807, 2.05) is 0 Å². The largest absolute Gasteiger partial charge is 0.476 e. The molecular weight excluding hydrogens is 236 g/mol. The van der Waals surface area contributed by atoms with Crippen molar-refractivity contribution in [2.45, 2.75) is 19.3 Å². The van der Waals surface area contributed by atoms with Crippen molar-refractivity contribution in [3.05, 3.63) is 10.0 Å². The number of piperidine rings is 1. The highest BCUT2D eigenvalue weighted by molar-refractivity contribution is 7.19. The normalized spacial score (nSPS) is 16.7. The maximum Gasteiger partial charge on any atom is 0.357 e. The second kappa shape index (κ2) is 4.37. The highest BCUT2D eigenvalue weighted by atomic mass is 35.5. The van der Waals surface area contributed by atoms with Gasteiger partial charge in [0.15, 0.2) is 10.8 Å². The van der Waals surface area contributed by atoms with Crippen LogP contribution in [0.25, 0.3) is 0 Å². The van der Waals surface area contributed by atoms with E-state index in [4.69, 9.17) is 16.7 Å². The van der Waals surface area contributed by atoms with Gasteiger partial charge in [0.1, 0.15) is 4.34 Å². The number of hydrogen-bond acceptors (Lipinski definition) is 4. The average molecular weight is 247 g/mol. The predicted molar refractivity (Wildman–Crippen MR) is 60.1 cm³/mol. The molecule has 82 valence electrons. The third-order valence-corrected chi connectivity index (χ3v) is 3.72. The van der Waals surface area contributed by atoms with E-state index in [9.17, 15) is 4.79 Å². The zero-order chi connectivity index (χ0) is 10.8. The summed E-state index contributed by atoms with van der Waals surface area (Å²) in [5, 5.41) is 9.55. The molecule has 0 bridgehead atoms. The summed E-state index contributed by atoms with van der Waals surface area (Å²) in [6.45, 7) is 1.89. The summed E-state index contributed by atoms with van der Waals surface area (Å²) in [5.74, 6) is -1.06. The van der Waals surface area contributed by atoms with Crippen molar-refractivity contribution < 1.29 is 9.90 Å². The number of anilines is 1. The minimum Gasteiger partial charge on any atom is -0.476 e. The number of aromatic nitrogens is 1. The Morgan fingerprint density at radius 2 is 2.07 bits per heavy atom. The Morgan fingerprint density at radius 3 is 2.60 bits per heavy atom. The molecule has 1 aliphatic rings. The highest BCUT2D eigenvalue weighted by Gasteiger charge is 2.20. The number of carboxylic acid groups (broad SMARTS) is 1. The minimum absolute atomic E-state index is 0.0257. The first kappa shape index (κ1) is 10.7. The summed E-state index contributed by atoms with van der Waals surface area (Å²) < 4.78 is 0.267. The highest BCUT2D eigenvalue weighted by Crippen LogP contribution is 2.31. The van der Waals surface area contributed by atoms with Gasteiger partial charge in [-0.1, -0.05) is 22.9 Å². The molecule has 0 spiro atoms. The SMILES string of the molecule is O=C(O)c1nc(N2CCCCC2)sc1Cl. The Morgan fingerprint density at radius 1 is 1.40 bits per heavy atom. The van der Waals surface area contributed by atoms with E-state index >= 15 is 0 Å². The fourth-order valence-electron chi connectivity index (χ4n) is 1.64. The van der Waals surface area contributed by atoms with Crippen LogP contribution >= 0.6 is 22.9 Å². The van der Waals surface area contributed by atoms with Crippen LogP contribution < -0.4 is 4.90 Å². The summed E-state index contributed by atoms with van der Waals surface area (Å²) in [6.07, 6.45) is 3.51. The van der Waals surface area contributed by atoms with Crippen LogP contribution in [-0.2, 0) is 0 Å². The first-order chi connectivity index (χ1) is 7.18. The van der Waals surface area contributed by atoms with Crippen LogP contribution in [-0.4, -0.2) is 29.1 Å². The molecule has 0 saturated carbocycles. The van der Waals surface area contributed by atoms with Crippen molar-refractivity contribution in [3.8, 4) is 0 Å². The Bertz CT molecular complexity index is 374. The molecular formula is C9H11ClN2O2S. The molecule has 0 aliphatic carbocycles. The molecule has 2 rings (SSSR count). The Kier molecular flexibility index (Phi) is 3.11. The predicted octanol–water partition coefficient (Wildman–Crippen LogP) is 2.49. The smallest absolute Gasteiger partial charge is 0.357 e. The first-order valence-corrected chi connectivity index (χ1v) is 6.02. The number of thiazole rings is 1. The number of carbonyl (C=O) groups is 1. The van der Waals surface area contributed by atoms with Crippen molar-refractivity contribution in [1.29, 1.82) is 0 Å². The molecule has 1 saturated heterocycles. The zero-order valence-electron chi connectivity index (χ0n) is 8.07. The molecule has 0 aromatic carbocycles. The van der Waals surface area contributed by atoms with Gasteiger partial charge in [-0.2, -0.15) is 0 Å². The van der Waals surface area contributed by atoms with E-state index in [1.165, 1.54) is 17.8 Å². The molecule has 15 heavy (non-hydrogen) atoms. The summed E-state index contributed by atoms with van der Waals surface area (Å²) in [6, 6.07) is 0. The Hall–Kier alpha value is -0.810. The Labute approximate surface area is 96.5 Å². The maximum atomic E-state index is 10.8. The lowest BCUT2D eigenvalue weighted by atomic mass is 10.1. The molecule has 0 unspecified atom stereocenters. The van der Waals surface area contributed by atoms with Crippen LogP contribution in [0.15, 0.2) is 0 Å². The van der Waals surface area contributed by atoms with Gasteiger partial charge in [-0.3, -0.25) is 0 Å². The number of hydrogen-bond donors (Lipinski definition) is 1. The van der Waals surface area contributed by atoms with Crippen molar-refractivity contribution in [1.82, 2.24) is 4.98 Å². The van der Waals surface area contributed by atoms with Gasteiger partial charge in [-0.15, -0.1) is 0 Å². The summed E-state index contributed by atoms with van der Waals surface area (Å²) in [4.78, 5) is 16.9. The van der Waals surface area contributed by atoms with E-state index < -0.39 is 5.97 Å². The monoisotopic (exact) mass is 246 g/mol. The fourth-order valence-corrected chi connectivity index (χ4v) is 2.81. The molecule has 6 heteroatoms. The third-order valence-electron chi connectivity index (χ3n) is 2.40. The van der Waals surface area contributed by atoms with Crippen LogP contribution in [0.2, 0.25) is 4.34 Å². The van der Waals surface area contributed by atoms with Crippen LogP contribution in [0, 0.1) is 0 Å². The molecule has 4 nitrogen and oxygen atoms in total. The Balaban J connectivity index is 2.21. The average Bonchev–Trinajstić information content (AvgIpc) is 2.62.